The topological polar surface area (TPSA) is 62.3 Å². The molecule has 1 fully saturated rings. The Hall–Kier alpha value is -2.69. The molecule has 1 N–H and O–H groups in total. The van der Waals surface area contributed by atoms with Crippen molar-refractivity contribution in [3.05, 3.63) is 58.9 Å². The molecule has 0 spiro atoms. The highest BCUT2D eigenvalue weighted by Gasteiger charge is 2.21. The molecule has 5 nitrogen and oxygen atoms in total. The highest BCUT2D eigenvalue weighted by molar-refractivity contribution is 6.05. The van der Waals surface area contributed by atoms with Gasteiger partial charge in [0.15, 0.2) is 0 Å². The number of aryl methyl sites for hydroxylation is 2. The number of nitrogens with one attached hydrogen (secondary N) is 1. The van der Waals surface area contributed by atoms with Gasteiger partial charge in [0.05, 0.1) is 0 Å². The summed E-state index contributed by atoms with van der Waals surface area (Å²) in [4.78, 5) is 30.8. The summed E-state index contributed by atoms with van der Waals surface area (Å²) in [6, 6.07) is 9.08. The average molecular weight is 323 g/mol. The van der Waals surface area contributed by atoms with Gasteiger partial charge >= 0.3 is 0 Å². The zero-order valence-corrected chi connectivity index (χ0v) is 14.0. The second-order valence-corrected chi connectivity index (χ2v) is 6.26. The van der Waals surface area contributed by atoms with E-state index in [-0.39, 0.29) is 11.8 Å². The molecule has 1 saturated heterocycles. The maximum absolute atomic E-state index is 12.5. The van der Waals surface area contributed by atoms with E-state index in [1.54, 1.807) is 17.0 Å². The first-order valence-corrected chi connectivity index (χ1v) is 8.18. The van der Waals surface area contributed by atoms with E-state index in [1.807, 2.05) is 26.0 Å². The van der Waals surface area contributed by atoms with Gasteiger partial charge in [0.1, 0.15) is 5.69 Å². The summed E-state index contributed by atoms with van der Waals surface area (Å²) < 4.78 is 0. The van der Waals surface area contributed by atoms with Crippen molar-refractivity contribution < 1.29 is 9.59 Å². The standard InChI is InChI=1S/C19H21N3O2/c1-13-9-14(2)11-16(10-13)21-18(23)15-5-6-20-17(12-15)19(24)22-7-3-4-8-22/h5-6,9-12H,3-4,7-8H2,1-2H3,(H,21,23). The fraction of sp³-hybridized carbons (Fsp3) is 0.316. The Morgan fingerprint density at radius 1 is 1.04 bits per heavy atom. The van der Waals surface area contributed by atoms with Crippen LogP contribution in [0.1, 0.15) is 44.8 Å². The molecule has 2 amide bonds. The van der Waals surface area contributed by atoms with Crippen LogP contribution in [0.4, 0.5) is 5.69 Å². The number of nitrogens with zero attached hydrogens (tertiary/aromatic N) is 2. The van der Waals surface area contributed by atoms with Gasteiger partial charge in [0, 0.05) is 30.5 Å². The molecule has 1 aliphatic heterocycles. The molecule has 0 atom stereocenters. The highest BCUT2D eigenvalue weighted by atomic mass is 16.2. The van der Waals surface area contributed by atoms with Crippen LogP contribution in [-0.2, 0) is 0 Å². The van der Waals surface area contributed by atoms with Gasteiger partial charge in [-0.05, 0) is 62.1 Å². The summed E-state index contributed by atoms with van der Waals surface area (Å²) in [7, 11) is 0. The Kier molecular flexibility index (Phi) is 4.60. The minimum absolute atomic E-state index is 0.103. The molecule has 0 saturated carbocycles. The van der Waals surface area contributed by atoms with Gasteiger partial charge in [-0.15, -0.1) is 0 Å². The zero-order chi connectivity index (χ0) is 17.1. The molecule has 0 bridgehead atoms. The third kappa shape index (κ3) is 3.62. The number of pyridine rings is 1. The van der Waals surface area contributed by atoms with E-state index in [2.05, 4.69) is 16.4 Å². The summed E-state index contributed by atoms with van der Waals surface area (Å²) >= 11 is 0. The van der Waals surface area contributed by atoms with Crippen molar-refractivity contribution >= 4 is 17.5 Å². The predicted octanol–water partition coefficient (Wildman–Crippen LogP) is 3.19. The van der Waals surface area contributed by atoms with Crippen molar-refractivity contribution in [3.63, 3.8) is 0 Å². The Labute approximate surface area is 141 Å². The van der Waals surface area contributed by atoms with E-state index in [4.69, 9.17) is 0 Å². The molecule has 1 aromatic heterocycles. The van der Waals surface area contributed by atoms with Gasteiger partial charge in [0.2, 0.25) is 0 Å². The monoisotopic (exact) mass is 323 g/mol. The maximum atomic E-state index is 12.5. The van der Waals surface area contributed by atoms with Crippen molar-refractivity contribution in [2.24, 2.45) is 0 Å². The molecule has 24 heavy (non-hydrogen) atoms. The number of benzene rings is 1. The van der Waals surface area contributed by atoms with Crippen LogP contribution >= 0.6 is 0 Å². The smallest absolute Gasteiger partial charge is 0.272 e. The first-order valence-electron chi connectivity index (χ1n) is 8.18. The number of carbonyl (C=O) groups is 2. The third-order valence-electron chi connectivity index (χ3n) is 4.11. The minimum Gasteiger partial charge on any atom is -0.337 e. The maximum Gasteiger partial charge on any atom is 0.272 e. The second-order valence-electron chi connectivity index (χ2n) is 6.26. The van der Waals surface area contributed by atoms with Crippen LogP contribution in [0.15, 0.2) is 36.5 Å². The van der Waals surface area contributed by atoms with Gasteiger partial charge in [-0.25, -0.2) is 0 Å². The first-order chi connectivity index (χ1) is 11.5. The lowest BCUT2D eigenvalue weighted by molar-refractivity contribution is 0.0787. The summed E-state index contributed by atoms with van der Waals surface area (Å²) in [6.45, 7) is 5.50. The predicted molar refractivity (Wildman–Crippen MR) is 93.2 cm³/mol. The van der Waals surface area contributed by atoms with E-state index in [1.165, 1.54) is 6.20 Å². The van der Waals surface area contributed by atoms with E-state index in [0.717, 1.165) is 42.7 Å². The van der Waals surface area contributed by atoms with Crippen molar-refractivity contribution in [1.29, 1.82) is 0 Å². The van der Waals surface area contributed by atoms with Crippen molar-refractivity contribution in [2.45, 2.75) is 26.7 Å². The van der Waals surface area contributed by atoms with Crippen LogP contribution in [0.3, 0.4) is 0 Å². The summed E-state index contributed by atoms with van der Waals surface area (Å²) in [5.41, 5.74) is 3.69. The largest absolute Gasteiger partial charge is 0.337 e. The summed E-state index contributed by atoms with van der Waals surface area (Å²) in [5.74, 6) is -0.341. The Morgan fingerprint density at radius 3 is 2.38 bits per heavy atom. The lowest BCUT2D eigenvalue weighted by Gasteiger charge is -2.15. The number of likely N-dealkylation sites (tertiary alicyclic amines) is 1. The molecule has 0 unspecified atom stereocenters. The van der Waals surface area contributed by atoms with Crippen LogP contribution < -0.4 is 5.32 Å². The SMILES string of the molecule is Cc1cc(C)cc(NC(=O)c2ccnc(C(=O)N3CCCC3)c2)c1. The first kappa shape index (κ1) is 16.2. The third-order valence-corrected chi connectivity index (χ3v) is 4.11. The normalized spacial score (nSPS) is 13.8. The molecule has 0 radical (unpaired) electrons. The van der Waals surface area contributed by atoms with Gasteiger partial charge in [-0.1, -0.05) is 6.07 Å². The molecule has 2 aromatic rings. The number of aromatic nitrogens is 1. The fourth-order valence-electron chi connectivity index (χ4n) is 3.02. The fourth-order valence-corrected chi connectivity index (χ4v) is 3.02. The number of hydrogen-bond donors (Lipinski definition) is 1. The zero-order valence-electron chi connectivity index (χ0n) is 14.0. The van der Waals surface area contributed by atoms with Crippen molar-refractivity contribution in [1.82, 2.24) is 9.88 Å². The summed E-state index contributed by atoms with van der Waals surface area (Å²) in [6.07, 6.45) is 3.57. The van der Waals surface area contributed by atoms with Crippen LogP contribution in [-0.4, -0.2) is 34.8 Å². The second kappa shape index (κ2) is 6.83. The van der Waals surface area contributed by atoms with E-state index in [0.29, 0.717) is 11.3 Å². The van der Waals surface area contributed by atoms with Gasteiger partial charge in [-0.3, -0.25) is 14.6 Å². The van der Waals surface area contributed by atoms with Crippen molar-refractivity contribution in [2.75, 3.05) is 18.4 Å². The highest BCUT2D eigenvalue weighted by Crippen LogP contribution is 2.16. The number of hydrogen-bond acceptors (Lipinski definition) is 3. The molecule has 3 rings (SSSR count). The Balaban J connectivity index is 1.77. The van der Waals surface area contributed by atoms with E-state index in [9.17, 15) is 9.59 Å². The molecular formula is C19H21N3O2. The molecule has 124 valence electrons. The number of rotatable bonds is 3. The molecule has 0 aliphatic carbocycles. The van der Waals surface area contributed by atoms with E-state index >= 15 is 0 Å². The Morgan fingerprint density at radius 2 is 1.71 bits per heavy atom. The number of amides is 2. The van der Waals surface area contributed by atoms with Crippen LogP contribution in [0, 0.1) is 13.8 Å². The quantitative estimate of drug-likeness (QED) is 0.943. The lowest BCUT2D eigenvalue weighted by Crippen LogP contribution is -2.28. The van der Waals surface area contributed by atoms with Crippen LogP contribution in [0.5, 0.6) is 0 Å². The van der Waals surface area contributed by atoms with Gasteiger partial charge in [-0.2, -0.15) is 0 Å². The van der Waals surface area contributed by atoms with E-state index < -0.39 is 0 Å². The Bertz CT molecular complexity index is 760. The number of carbonyl (C=O) groups excluding carboxylic acids is 2. The summed E-state index contributed by atoms with van der Waals surface area (Å²) in [5, 5.41) is 2.88. The molecular weight excluding hydrogens is 302 g/mol. The van der Waals surface area contributed by atoms with Gasteiger partial charge < -0.3 is 10.2 Å². The van der Waals surface area contributed by atoms with Crippen molar-refractivity contribution in [3.8, 4) is 0 Å². The number of anilines is 1. The minimum atomic E-state index is -0.238. The molecule has 2 heterocycles. The molecule has 1 aliphatic rings. The lowest BCUT2D eigenvalue weighted by atomic mass is 10.1. The van der Waals surface area contributed by atoms with Crippen LogP contribution in [0.25, 0.3) is 0 Å². The average Bonchev–Trinajstić information content (AvgIpc) is 3.07. The molecule has 1 aromatic carbocycles. The van der Waals surface area contributed by atoms with Crippen LogP contribution in [0.2, 0.25) is 0 Å². The van der Waals surface area contributed by atoms with Gasteiger partial charge in [0.25, 0.3) is 11.8 Å². The molecule has 5 heteroatoms.